The van der Waals surface area contributed by atoms with Crippen LogP contribution in [0.25, 0.3) is 11.1 Å². The monoisotopic (exact) mass is 417 g/mol. The van der Waals surface area contributed by atoms with Crippen LogP contribution in [0.2, 0.25) is 0 Å². The molecule has 30 heavy (non-hydrogen) atoms. The first kappa shape index (κ1) is 20.1. The molecule has 3 aromatic rings. The predicted molar refractivity (Wildman–Crippen MR) is 119 cm³/mol. The van der Waals surface area contributed by atoms with Crippen LogP contribution >= 0.6 is 11.3 Å². The van der Waals surface area contributed by atoms with E-state index in [9.17, 15) is 10.1 Å². The molecular formula is C23H23N5OS. The second-order valence-electron chi connectivity index (χ2n) is 7.41. The van der Waals surface area contributed by atoms with Crippen molar-refractivity contribution >= 4 is 22.9 Å². The van der Waals surface area contributed by atoms with Gasteiger partial charge in [-0.2, -0.15) is 5.26 Å². The van der Waals surface area contributed by atoms with Crippen molar-refractivity contribution in [2.75, 3.05) is 18.0 Å². The largest absolute Gasteiger partial charge is 0.368 e. The SMILES string of the molecule is N#Cc1cc(-c2ccncc2)ccc1N1CCC(NC(=O)C(N)Cc2cccs2)C1. The van der Waals surface area contributed by atoms with E-state index in [4.69, 9.17) is 5.73 Å². The maximum atomic E-state index is 12.5. The summed E-state index contributed by atoms with van der Waals surface area (Å²) >= 11 is 1.61. The fourth-order valence-electron chi connectivity index (χ4n) is 3.77. The standard InChI is InChI=1S/C23H23N5OS/c24-14-18-12-17(16-5-8-26-9-6-16)3-4-22(18)28-10-7-19(15-28)27-23(29)21(25)13-20-2-1-11-30-20/h1-6,8-9,11-12,19,21H,7,10,13,15,25H2,(H,27,29). The van der Waals surface area contributed by atoms with Gasteiger partial charge in [-0.1, -0.05) is 12.1 Å². The van der Waals surface area contributed by atoms with E-state index >= 15 is 0 Å². The van der Waals surface area contributed by atoms with Gasteiger partial charge in [-0.25, -0.2) is 0 Å². The molecule has 1 aromatic carbocycles. The Labute approximate surface area is 180 Å². The average molecular weight is 418 g/mol. The van der Waals surface area contributed by atoms with E-state index in [1.807, 2.05) is 47.8 Å². The van der Waals surface area contributed by atoms with Crippen molar-refractivity contribution < 1.29 is 4.79 Å². The minimum atomic E-state index is -0.549. The maximum Gasteiger partial charge on any atom is 0.237 e. The number of carbonyl (C=O) groups excluding carboxylic acids is 1. The van der Waals surface area contributed by atoms with Gasteiger partial charge in [0.1, 0.15) is 6.07 Å². The molecule has 0 radical (unpaired) electrons. The molecule has 0 spiro atoms. The topological polar surface area (TPSA) is 95.0 Å². The van der Waals surface area contributed by atoms with Crippen LogP contribution < -0.4 is 16.0 Å². The van der Waals surface area contributed by atoms with Crippen molar-refractivity contribution in [3.63, 3.8) is 0 Å². The summed E-state index contributed by atoms with van der Waals surface area (Å²) in [6, 6.07) is 15.5. The Morgan fingerprint density at radius 1 is 1.30 bits per heavy atom. The molecule has 1 aliphatic heterocycles. The first-order valence-electron chi connectivity index (χ1n) is 9.92. The van der Waals surface area contributed by atoms with Crippen LogP contribution in [0.3, 0.4) is 0 Å². The molecule has 2 unspecified atom stereocenters. The van der Waals surface area contributed by atoms with Crippen molar-refractivity contribution in [2.45, 2.75) is 24.9 Å². The number of aromatic nitrogens is 1. The number of amides is 1. The van der Waals surface area contributed by atoms with E-state index in [-0.39, 0.29) is 11.9 Å². The van der Waals surface area contributed by atoms with Crippen LogP contribution in [0.15, 0.2) is 60.2 Å². The fraction of sp³-hybridized carbons (Fsp3) is 0.261. The van der Waals surface area contributed by atoms with Gasteiger partial charge in [-0.05, 0) is 53.3 Å². The van der Waals surface area contributed by atoms with Crippen molar-refractivity contribution in [2.24, 2.45) is 5.73 Å². The molecule has 6 nitrogen and oxygen atoms in total. The van der Waals surface area contributed by atoms with Crippen LogP contribution in [-0.2, 0) is 11.2 Å². The minimum Gasteiger partial charge on any atom is -0.368 e. The normalized spacial score (nSPS) is 16.8. The molecule has 7 heteroatoms. The third kappa shape index (κ3) is 4.51. The maximum absolute atomic E-state index is 12.5. The Bertz CT molecular complexity index is 1050. The second kappa shape index (κ2) is 9.08. The van der Waals surface area contributed by atoms with Gasteiger partial charge < -0.3 is 16.0 Å². The summed E-state index contributed by atoms with van der Waals surface area (Å²) in [7, 11) is 0. The zero-order chi connectivity index (χ0) is 20.9. The molecule has 0 bridgehead atoms. The van der Waals surface area contributed by atoms with Gasteiger partial charge >= 0.3 is 0 Å². The zero-order valence-corrected chi connectivity index (χ0v) is 17.3. The van der Waals surface area contributed by atoms with Crippen molar-refractivity contribution in [3.8, 4) is 17.2 Å². The zero-order valence-electron chi connectivity index (χ0n) is 16.5. The van der Waals surface area contributed by atoms with E-state index in [2.05, 4.69) is 21.3 Å². The van der Waals surface area contributed by atoms with Crippen LogP contribution in [0.1, 0.15) is 16.9 Å². The van der Waals surface area contributed by atoms with Crippen LogP contribution in [0.4, 0.5) is 5.69 Å². The highest BCUT2D eigenvalue weighted by molar-refractivity contribution is 7.09. The summed E-state index contributed by atoms with van der Waals surface area (Å²) in [6.07, 6.45) is 4.86. The van der Waals surface area contributed by atoms with E-state index in [1.54, 1.807) is 23.7 Å². The van der Waals surface area contributed by atoms with Crippen molar-refractivity contribution in [1.29, 1.82) is 5.26 Å². The quantitative estimate of drug-likeness (QED) is 0.643. The minimum absolute atomic E-state index is 0.0262. The number of pyridine rings is 1. The van der Waals surface area contributed by atoms with E-state index in [1.165, 1.54) is 0 Å². The van der Waals surface area contributed by atoms with Gasteiger partial charge in [0.2, 0.25) is 5.91 Å². The van der Waals surface area contributed by atoms with Gasteiger partial charge in [0.25, 0.3) is 0 Å². The van der Waals surface area contributed by atoms with Gasteiger partial charge in [0, 0.05) is 42.8 Å². The summed E-state index contributed by atoms with van der Waals surface area (Å²) in [5, 5.41) is 14.7. The molecule has 1 saturated heterocycles. The predicted octanol–water partition coefficient (Wildman–Crippen LogP) is 2.95. The fourth-order valence-corrected chi connectivity index (χ4v) is 4.53. The van der Waals surface area contributed by atoms with E-state index in [0.29, 0.717) is 18.5 Å². The lowest BCUT2D eigenvalue weighted by molar-refractivity contribution is -0.122. The lowest BCUT2D eigenvalue weighted by Crippen LogP contribution is -2.47. The lowest BCUT2D eigenvalue weighted by Gasteiger charge is -2.21. The summed E-state index contributed by atoms with van der Waals surface area (Å²) in [6.45, 7) is 1.45. The first-order valence-corrected chi connectivity index (χ1v) is 10.8. The molecule has 3 N–H and O–H groups in total. The number of nitrogens with zero attached hydrogens (tertiary/aromatic N) is 3. The van der Waals surface area contributed by atoms with Crippen molar-refractivity contribution in [1.82, 2.24) is 10.3 Å². The van der Waals surface area contributed by atoms with Gasteiger partial charge in [0.15, 0.2) is 0 Å². The molecule has 1 fully saturated rings. The first-order chi connectivity index (χ1) is 14.6. The molecule has 1 aliphatic rings. The number of nitrogens with two attached hydrogens (primary N) is 1. The summed E-state index contributed by atoms with van der Waals surface area (Å²) < 4.78 is 0. The Hall–Kier alpha value is -3.21. The average Bonchev–Trinajstić information content (AvgIpc) is 3.46. The van der Waals surface area contributed by atoms with Crippen LogP contribution in [-0.4, -0.2) is 36.1 Å². The smallest absolute Gasteiger partial charge is 0.237 e. The number of rotatable bonds is 6. The molecule has 2 atom stereocenters. The number of hydrogen-bond donors (Lipinski definition) is 2. The number of benzene rings is 1. The molecule has 0 saturated carbocycles. The van der Waals surface area contributed by atoms with E-state index < -0.39 is 6.04 Å². The number of thiophene rings is 1. The highest BCUT2D eigenvalue weighted by Gasteiger charge is 2.27. The Morgan fingerprint density at radius 2 is 2.13 bits per heavy atom. The van der Waals surface area contributed by atoms with Crippen LogP contribution in [0.5, 0.6) is 0 Å². The third-order valence-electron chi connectivity index (χ3n) is 5.34. The molecular weight excluding hydrogens is 394 g/mol. The Balaban J connectivity index is 1.40. The van der Waals surface area contributed by atoms with E-state index in [0.717, 1.165) is 34.7 Å². The summed E-state index contributed by atoms with van der Waals surface area (Å²) in [4.78, 5) is 19.8. The highest BCUT2D eigenvalue weighted by atomic mass is 32.1. The van der Waals surface area contributed by atoms with Crippen molar-refractivity contribution in [3.05, 3.63) is 70.7 Å². The number of hydrogen-bond acceptors (Lipinski definition) is 6. The number of carbonyl (C=O) groups is 1. The number of nitrogens with one attached hydrogen (secondary N) is 1. The second-order valence-corrected chi connectivity index (χ2v) is 8.44. The molecule has 1 amide bonds. The molecule has 2 aromatic heterocycles. The molecule has 4 rings (SSSR count). The molecule has 152 valence electrons. The third-order valence-corrected chi connectivity index (χ3v) is 6.24. The highest BCUT2D eigenvalue weighted by Crippen LogP contribution is 2.29. The Kier molecular flexibility index (Phi) is 6.07. The van der Waals surface area contributed by atoms with Crippen LogP contribution in [0, 0.1) is 11.3 Å². The summed E-state index contributed by atoms with van der Waals surface area (Å²) in [5.74, 6) is -0.121. The van der Waals surface area contributed by atoms with Gasteiger partial charge in [0.05, 0.1) is 17.3 Å². The number of nitriles is 1. The summed E-state index contributed by atoms with van der Waals surface area (Å²) in [5.41, 5.74) is 9.63. The lowest BCUT2D eigenvalue weighted by atomic mass is 10.0. The molecule has 3 heterocycles. The Morgan fingerprint density at radius 3 is 2.87 bits per heavy atom. The molecule has 0 aliphatic carbocycles. The van der Waals surface area contributed by atoms with Gasteiger partial charge in [-0.3, -0.25) is 9.78 Å². The van der Waals surface area contributed by atoms with Gasteiger partial charge in [-0.15, -0.1) is 11.3 Å². The number of anilines is 1.